The lowest BCUT2D eigenvalue weighted by molar-refractivity contribution is 0.0999. The highest BCUT2D eigenvalue weighted by Gasteiger charge is 2.04. The fraction of sp³-hybridized carbons (Fsp3) is 0.143. The van der Waals surface area contributed by atoms with Crippen LogP contribution in [-0.2, 0) is 0 Å². The molecule has 2 N–H and O–H groups in total. The highest BCUT2D eigenvalue weighted by Crippen LogP contribution is 1.99. The van der Waals surface area contributed by atoms with Gasteiger partial charge in [-0.1, -0.05) is 0 Å². The third-order valence-corrected chi connectivity index (χ3v) is 1.58. The van der Waals surface area contributed by atoms with E-state index in [-0.39, 0.29) is 0 Å². The third-order valence-electron chi connectivity index (χ3n) is 1.58. The molecule has 2 aromatic heterocycles. The van der Waals surface area contributed by atoms with E-state index in [2.05, 4.69) is 15.1 Å². The van der Waals surface area contributed by atoms with Gasteiger partial charge in [-0.15, -0.1) is 0 Å². The summed E-state index contributed by atoms with van der Waals surface area (Å²) in [7, 11) is 0. The van der Waals surface area contributed by atoms with Crippen molar-refractivity contribution in [3.8, 4) is 0 Å². The number of carbonyl (C=O) groups is 1. The molecular weight excluding hydrogens is 170 g/mol. The predicted molar refractivity (Wildman–Crippen MR) is 44.0 cm³/mol. The number of aromatic nitrogens is 4. The summed E-state index contributed by atoms with van der Waals surface area (Å²) in [5.41, 5.74) is 5.39. The van der Waals surface area contributed by atoms with E-state index in [1.807, 2.05) is 0 Å². The summed E-state index contributed by atoms with van der Waals surface area (Å²) in [5.74, 6) is 0.541. The van der Waals surface area contributed by atoms with Gasteiger partial charge in [0, 0.05) is 12.4 Å². The number of primary amides is 1. The number of nitrogens with zero attached hydrogens (tertiary/aromatic N) is 4. The fourth-order valence-corrected chi connectivity index (χ4v) is 1.01. The van der Waals surface area contributed by atoms with Crippen LogP contribution in [-0.4, -0.2) is 25.5 Å². The van der Waals surface area contributed by atoms with E-state index in [9.17, 15) is 4.79 Å². The Morgan fingerprint density at radius 3 is 3.08 bits per heavy atom. The Morgan fingerprint density at radius 1 is 1.62 bits per heavy atom. The largest absolute Gasteiger partial charge is 0.366 e. The molecule has 0 aliphatic heterocycles. The Hall–Kier alpha value is -1.98. The number of aryl methyl sites for hydroxylation is 1. The maximum Gasteiger partial charge on any atom is 0.252 e. The van der Waals surface area contributed by atoms with Crippen LogP contribution in [0.15, 0.2) is 12.4 Å². The summed E-state index contributed by atoms with van der Waals surface area (Å²) >= 11 is 0. The van der Waals surface area contributed by atoms with Crippen LogP contribution in [0.1, 0.15) is 16.2 Å². The molecule has 2 rings (SSSR count). The lowest BCUT2D eigenvalue weighted by Crippen LogP contribution is -2.12. The topological polar surface area (TPSA) is 86.2 Å². The minimum absolute atomic E-state index is 0.317. The first-order chi connectivity index (χ1) is 6.16. The molecule has 0 saturated heterocycles. The van der Waals surface area contributed by atoms with Crippen molar-refractivity contribution in [3.05, 3.63) is 23.8 Å². The molecule has 0 spiro atoms. The van der Waals surface area contributed by atoms with Crippen LogP contribution in [0.2, 0.25) is 0 Å². The summed E-state index contributed by atoms with van der Waals surface area (Å²) in [6.45, 7) is 1.75. The van der Waals surface area contributed by atoms with Crippen molar-refractivity contribution in [2.45, 2.75) is 6.92 Å². The van der Waals surface area contributed by atoms with E-state index in [0.717, 1.165) is 0 Å². The maximum atomic E-state index is 10.8. The van der Waals surface area contributed by atoms with E-state index >= 15 is 0 Å². The molecule has 0 bridgehead atoms. The summed E-state index contributed by atoms with van der Waals surface area (Å²) in [6.07, 6.45) is 2.89. The summed E-state index contributed by atoms with van der Waals surface area (Å²) in [6, 6.07) is 0. The molecular formula is C7H7N5O. The van der Waals surface area contributed by atoms with Crippen LogP contribution in [0.4, 0.5) is 0 Å². The number of fused-ring (bicyclic) bond motifs is 1. The first-order valence-corrected chi connectivity index (χ1v) is 3.65. The number of nitrogens with two attached hydrogens (primary N) is 1. The Bertz CT molecular complexity index is 475. The molecule has 0 saturated carbocycles. The fourth-order valence-electron chi connectivity index (χ4n) is 1.01. The van der Waals surface area contributed by atoms with Crippen molar-refractivity contribution in [1.82, 2.24) is 19.6 Å². The summed E-state index contributed by atoms with van der Waals surface area (Å²) < 4.78 is 1.43. The zero-order valence-electron chi connectivity index (χ0n) is 6.93. The quantitative estimate of drug-likeness (QED) is 0.638. The molecule has 0 aliphatic carbocycles. The monoisotopic (exact) mass is 177 g/mol. The van der Waals surface area contributed by atoms with Crippen LogP contribution in [0.3, 0.4) is 0 Å². The van der Waals surface area contributed by atoms with E-state index in [4.69, 9.17) is 5.73 Å². The molecule has 0 unspecified atom stereocenters. The molecule has 0 radical (unpaired) electrons. The van der Waals surface area contributed by atoms with Crippen molar-refractivity contribution in [1.29, 1.82) is 0 Å². The number of amides is 1. The van der Waals surface area contributed by atoms with Gasteiger partial charge in [-0.25, -0.2) is 9.50 Å². The first kappa shape index (κ1) is 7.66. The Morgan fingerprint density at radius 2 is 2.38 bits per heavy atom. The zero-order valence-corrected chi connectivity index (χ0v) is 6.93. The lowest BCUT2D eigenvalue weighted by Gasteiger charge is -1.93. The van der Waals surface area contributed by atoms with Crippen LogP contribution in [0.25, 0.3) is 5.78 Å². The van der Waals surface area contributed by atoms with Gasteiger partial charge in [0.25, 0.3) is 11.7 Å². The average Bonchev–Trinajstić information content (AvgIpc) is 2.42. The number of carbonyl (C=O) groups excluding carboxylic acids is 1. The van der Waals surface area contributed by atoms with Gasteiger partial charge in [-0.2, -0.15) is 10.1 Å². The van der Waals surface area contributed by atoms with Gasteiger partial charge >= 0.3 is 0 Å². The Balaban J connectivity index is 2.67. The van der Waals surface area contributed by atoms with Crippen molar-refractivity contribution in [3.63, 3.8) is 0 Å². The Labute approximate surface area is 73.4 Å². The Kier molecular flexibility index (Phi) is 1.48. The van der Waals surface area contributed by atoms with Gasteiger partial charge < -0.3 is 5.73 Å². The highest BCUT2D eigenvalue weighted by molar-refractivity contribution is 5.92. The standard InChI is InChI=1S/C7H7N5O/c1-4-10-7-9-2-5(6(8)13)3-12(7)11-4/h2-3H,1H3,(H2,8,13). The third kappa shape index (κ3) is 1.22. The molecule has 13 heavy (non-hydrogen) atoms. The van der Waals surface area contributed by atoms with Crippen molar-refractivity contribution in [2.75, 3.05) is 0 Å². The normalized spacial score (nSPS) is 10.5. The second-order valence-corrected chi connectivity index (χ2v) is 2.61. The van der Waals surface area contributed by atoms with Crippen LogP contribution < -0.4 is 5.73 Å². The highest BCUT2D eigenvalue weighted by atomic mass is 16.1. The van der Waals surface area contributed by atoms with Crippen LogP contribution in [0.5, 0.6) is 0 Å². The molecule has 0 atom stereocenters. The van der Waals surface area contributed by atoms with Crippen LogP contribution >= 0.6 is 0 Å². The molecule has 0 fully saturated rings. The van der Waals surface area contributed by atoms with E-state index in [0.29, 0.717) is 17.2 Å². The molecule has 1 amide bonds. The molecule has 66 valence electrons. The van der Waals surface area contributed by atoms with Gasteiger partial charge in [0.2, 0.25) is 0 Å². The predicted octanol–water partition coefficient (Wildman–Crippen LogP) is -0.468. The molecule has 0 aromatic carbocycles. The van der Waals surface area contributed by atoms with Gasteiger partial charge in [0.1, 0.15) is 5.82 Å². The van der Waals surface area contributed by atoms with E-state index in [1.54, 1.807) is 6.92 Å². The SMILES string of the molecule is Cc1nc2ncc(C(N)=O)cn2n1. The van der Waals surface area contributed by atoms with Crippen molar-refractivity contribution >= 4 is 11.7 Å². The minimum atomic E-state index is -0.525. The number of hydrogen-bond acceptors (Lipinski definition) is 4. The van der Waals surface area contributed by atoms with Gasteiger partial charge in [-0.05, 0) is 6.92 Å². The van der Waals surface area contributed by atoms with Gasteiger partial charge in [0.05, 0.1) is 5.56 Å². The van der Waals surface area contributed by atoms with Gasteiger partial charge in [0.15, 0.2) is 0 Å². The summed E-state index contributed by atoms with van der Waals surface area (Å²) in [5, 5.41) is 3.99. The molecule has 2 aromatic rings. The maximum absolute atomic E-state index is 10.8. The lowest BCUT2D eigenvalue weighted by atomic mass is 10.3. The number of hydrogen-bond donors (Lipinski definition) is 1. The molecule has 2 heterocycles. The second kappa shape index (κ2) is 2.51. The zero-order chi connectivity index (χ0) is 9.42. The van der Waals surface area contributed by atoms with E-state index in [1.165, 1.54) is 16.9 Å². The molecule has 6 heteroatoms. The van der Waals surface area contributed by atoms with Crippen molar-refractivity contribution in [2.24, 2.45) is 5.73 Å². The van der Waals surface area contributed by atoms with Crippen molar-refractivity contribution < 1.29 is 4.79 Å². The minimum Gasteiger partial charge on any atom is -0.366 e. The van der Waals surface area contributed by atoms with E-state index < -0.39 is 5.91 Å². The number of rotatable bonds is 1. The molecule has 0 aliphatic rings. The average molecular weight is 177 g/mol. The van der Waals surface area contributed by atoms with Crippen LogP contribution in [0, 0.1) is 6.92 Å². The molecule has 6 nitrogen and oxygen atoms in total. The first-order valence-electron chi connectivity index (χ1n) is 3.65. The summed E-state index contributed by atoms with van der Waals surface area (Å²) in [4.78, 5) is 18.7. The second-order valence-electron chi connectivity index (χ2n) is 2.61. The van der Waals surface area contributed by atoms with Gasteiger partial charge in [-0.3, -0.25) is 4.79 Å². The smallest absolute Gasteiger partial charge is 0.252 e.